The van der Waals surface area contributed by atoms with E-state index in [1.54, 1.807) is 6.20 Å². The van der Waals surface area contributed by atoms with Gasteiger partial charge in [-0.1, -0.05) is 48.4 Å². The molecule has 5 heteroatoms. The Morgan fingerprint density at radius 3 is 2.39 bits per heavy atom. The van der Waals surface area contributed by atoms with E-state index in [-0.39, 0.29) is 12.0 Å². The van der Waals surface area contributed by atoms with Crippen LogP contribution in [-0.4, -0.2) is 34.8 Å². The SMILES string of the molecule is Cc1ccc(C2(c3ccc(OCc4ccnc(N5CCCC(CO)C5)n4)cc3)CCC2)cc1. The minimum Gasteiger partial charge on any atom is -0.487 e. The Kier molecular flexibility index (Phi) is 6.32. The van der Waals surface area contributed by atoms with Crippen molar-refractivity contribution in [1.29, 1.82) is 0 Å². The maximum absolute atomic E-state index is 9.50. The summed E-state index contributed by atoms with van der Waals surface area (Å²) in [5.74, 6) is 1.89. The van der Waals surface area contributed by atoms with Crippen molar-refractivity contribution >= 4 is 5.95 Å². The van der Waals surface area contributed by atoms with Crippen molar-refractivity contribution < 1.29 is 9.84 Å². The summed E-state index contributed by atoms with van der Waals surface area (Å²) >= 11 is 0. The summed E-state index contributed by atoms with van der Waals surface area (Å²) in [5, 5.41) is 9.50. The van der Waals surface area contributed by atoms with Crippen LogP contribution in [0.4, 0.5) is 5.95 Å². The van der Waals surface area contributed by atoms with E-state index < -0.39 is 0 Å². The lowest BCUT2D eigenvalue weighted by atomic mass is 9.60. The molecule has 0 bridgehead atoms. The van der Waals surface area contributed by atoms with Crippen molar-refractivity contribution in [2.45, 2.75) is 51.0 Å². The molecule has 0 amide bonds. The molecule has 1 N–H and O–H groups in total. The fourth-order valence-corrected chi connectivity index (χ4v) is 5.19. The van der Waals surface area contributed by atoms with Crippen molar-refractivity contribution in [1.82, 2.24) is 9.97 Å². The third-order valence-corrected chi connectivity index (χ3v) is 7.37. The largest absolute Gasteiger partial charge is 0.487 e. The number of nitrogens with zero attached hydrogens (tertiary/aromatic N) is 3. The quantitative estimate of drug-likeness (QED) is 0.554. The number of ether oxygens (including phenoxy) is 1. The first-order chi connectivity index (χ1) is 16.2. The molecule has 1 atom stereocenters. The summed E-state index contributed by atoms with van der Waals surface area (Å²) in [6, 6.07) is 19.5. The summed E-state index contributed by atoms with van der Waals surface area (Å²) in [5.41, 5.74) is 5.11. The lowest BCUT2D eigenvalue weighted by Crippen LogP contribution is -2.37. The van der Waals surface area contributed by atoms with Gasteiger partial charge in [-0.25, -0.2) is 9.97 Å². The number of aromatic nitrogens is 2. The van der Waals surface area contributed by atoms with Gasteiger partial charge in [0.05, 0.1) is 5.69 Å². The molecule has 1 unspecified atom stereocenters. The van der Waals surface area contributed by atoms with Crippen LogP contribution in [0.15, 0.2) is 60.8 Å². The van der Waals surface area contributed by atoms with Crippen LogP contribution in [0.1, 0.15) is 54.5 Å². The second-order valence-corrected chi connectivity index (χ2v) is 9.60. The van der Waals surface area contributed by atoms with E-state index in [0.717, 1.165) is 43.3 Å². The average Bonchev–Trinajstić information content (AvgIpc) is 2.84. The van der Waals surface area contributed by atoms with Gasteiger partial charge in [-0.2, -0.15) is 0 Å². The van der Waals surface area contributed by atoms with Crippen LogP contribution in [0.2, 0.25) is 0 Å². The molecule has 1 aliphatic carbocycles. The van der Waals surface area contributed by atoms with Crippen LogP contribution in [0, 0.1) is 12.8 Å². The molecule has 2 fully saturated rings. The van der Waals surface area contributed by atoms with E-state index in [2.05, 4.69) is 65.3 Å². The minimum atomic E-state index is 0.147. The van der Waals surface area contributed by atoms with Gasteiger partial charge in [0, 0.05) is 31.3 Å². The maximum Gasteiger partial charge on any atom is 0.225 e. The van der Waals surface area contributed by atoms with Crippen LogP contribution in [0.3, 0.4) is 0 Å². The van der Waals surface area contributed by atoms with Crippen molar-refractivity contribution in [2.24, 2.45) is 5.92 Å². The first-order valence-corrected chi connectivity index (χ1v) is 12.1. The van der Waals surface area contributed by atoms with Gasteiger partial charge in [-0.3, -0.25) is 0 Å². The lowest BCUT2D eigenvalue weighted by Gasteiger charge is -2.43. The number of hydrogen-bond donors (Lipinski definition) is 1. The summed E-state index contributed by atoms with van der Waals surface area (Å²) in [6.45, 7) is 4.52. The summed E-state index contributed by atoms with van der Waals surface area (Å²) in [4.78, 5) is 11.3. The first-order valence-electron chi connectivity index (χ1n) is 12.1. The molecule has 172 valence electrons. The molecule has 1 aromatic heterocycles. The third kappa shape index (κ3) is 4.60. The Balaban J connectivity index is 1.25. The number of rotatable bonds is 7. The van der Waals surface area contributed by atoms with Crippen LogP contribution in [0.25, 0.3) is 0 Å². The van der Waals surface area contributed by atoms with Gasteiger partial charge in [-0.15, -0.1) is 0 Å². The zero-order valence-corrected chi connectivity index (χ0v) is 19.4. The van der Waals surface area contributed by atoms with E-state index in [1.807, 2.05) is 6.07 Å². The molecular formula is C28H33N3O2. The molecule has 2 aromatic carbocycles. The van der Waals surface area contributed by atoms with Crippen LogP contribution >= 0.6 is 0 Å². The number of aliphatic hydroxyl groups excluding tert-OH is 1. The van der Waals surface area contributed by atoms with Gasteiger partial charge in [-0.05, 0) is 67.9 Å². The molecule has 0 radical (unpaired) electrons. The Morgan fingerprint density at radius 2 is 1.73 bits per heavy atom. The smallest absolute Gasteiger partial charge is 0.225 e. The fraction of sp³-hybridized carbons (Fsp3) is 0.429. The standard InChI is InChI=1S/C28H33N3O2/c1-21-5-7-23(8-6-21)28(14-3-15-28)24-9-11-26(12-10-24)33-20-25-13-16-29-27(30-25)31-17-2-4-22(18-31)19-32/h5-13,16,22,32H,2-4,14-15,17-20H2,1H3. The van der Waals surface area contributed by atoms with E-state index in [9.17, 15) is 5.11 Å². The predicted octanol–water partition coefficient (Wildman–Crippen LogP) is 5.04. The molecular weight excluding hydrogens is 410 g/mol. The van der Waals surface area contributed by atoms with Crippen LogP contribution in [-0.2, 0) is 12.0 Å². The monoisotopic (exact) mass is 443 g/mol. The fourth-order valence-electron chi connectivity index (χ4n) is 5.19. The van der Waals surface area contributed by atoms with Crippen molar-refractivity contribution in [3.8, 4) is 5.75 Å². The topological polar surface area (TPSA) is 58.5 Å². The minimum absolute atomic E-state index is 0.147. The van der Waals surface area contributed by atoms with Crippen molar-refractivity contribution in [3.63, 3.8) is 0 Å². The number of benzene rings is 2. The van der Waals surface area contributed by atoms with Gasteiger partial charge >= 0.3 is 0 Å². The normalized spacial score (nSPS) is 19.7. The third-order valence-electron chi connectivity index (χ3n) is 7.37. The zero-order chi connectivity index (χ0) is 22.7. The molecule has 2 heterocycles. The molecule has 33 heavy (non-hydrogen) atoms. The lowest BCUT2D eigenvalue weighted by molar-refractivity contribution is 0.208. The predicted molar refractivity (Wildman–Crippen MR) is 131 cm³/mol. The average molecular weight is 444 g/mol. The summed E-state index contributed by atoms with van der Waals surface area (Å²) < 4.78 is 6.07. The number of anilines is 1. The molecule has 1 saturated heterocycles. The number of aliphatic hydroxyl groups is 1. The van der Waals surface area contributed by atoms with Gasteiger partial charge in [0.25, 0.3) is 0 Å². The van der Waals surface area contributed by atoms with E-state index in [0.29, 0.717) is 12.5 Å². The molecule has 2 aliphatic rings. The van der Waals surface area contributed by atoms with Gasteiger partial charge in [0.15, 0.2) is 0 Å². The second kappa shape index (κ2) is 9.52. The Labute approximate surface area is 196 Å². The highest BCUT2D eigenvalue weighted by Crippen LogP contribution is 2.49. The van der Waals surface area contributed by atoms with Crippen LogP contribution in [0.5, 0.6) is 5.75 Å². The molecule has 5 rings (SSSR count). The highest BCUT2D eigenvalue weighted by Gasteiger charge is 2.40. The van der Waals surface area contributed by atoms with Gasteiger partial charge in [0.2, 0.25) is 5.95 Å². The molecule has 3 aromatic rings. The molecule has 0 spiro atoms. The number of hydrogen-bond acceptors (Lipinski definition) is 5. The van der Waals surface area contributed by atoms with E-state index in [4.69, 9.17) is 9.72 Å². The Bertz CT molecular complexity index is 1060. The maximum atomic E-state index is 9.50. The highest BCUT2D eigenvalue weighted by atomic mass is 16.5. The summed E-state index contributed by atoms with van der Waals surface area (Å²) in [6.07, 6.45) is 7.61. The van der Waals surface area contributed by atoms with Gasteiger partial charge < -0.3 is 14.7 Å². The Hall–Kier alpha value is -2.92. The molecule has 5 nitrogen and oxygen atoms in total. The van der Waals surface area contributed by atoms with Crippen molar-refractivity contribution in [3.05, 3.63) is 83.2 Å². The number of piperidine rings is 1. The van der Waals surface area contributed by atoms with Crippen LogP contribution < -0.4 is 9.64 Å². The second-order valence-electron chi connectivity index (χ2n) is 9.60. The summed E-state index contributed by atoms with van der Waals surface area (Å²) in [7, 11) is 0. The van der Waals surface area contributed by atoms with Crippen molar-refractivity contribution in [2.75, 3.05) is 24.6 Å². The Morgan fingerprint density at radius 1 is 1.00 bits per heavy atom. The highest BCUT2D eigenvalue weighted by molar-refractivity contribution is 5.44. The first kappa shape index (κ1) is 21.9. The molecule has 1 saturated carbocycles. The van der Waals surface area contributed by atoms with E-state index in [1.165, 1.54) is 36.0 Å². The van der Waals surface area contributed by atoms with E-state index >= 15 is 0 Å². The number of aryl methyl sites for hydroxylation is 1. The molecule has 1 aliphatic heterocycles. The zero-order valence-electron chi connectivity index (χ0n) is 19.4. The van der Waals surface area contributed by atoms with Gasteiger partial charge in [0.1, 0.15) is 12.4 Å².